The number of hydrogen-bond acceptors (Lipinski definition) is 5. The lowest BCUT2D eigenvalue weighted by Gasteiger charge is -2.21. The molecule has 4 aromatic rings. The molecule has 0 aliphatic rings. The Morgan fingerprint density at radius 2 is 1.90 bits per heavy atom. The number of nitriles is 1. The van der Waals surface area contributed by atoms with Crippen molar-refractivity contribution in [2.75, 3.05) is 5.32 Å². The number of hydrogen-bond donors (Lipinski definition) is 1. The molecule has 1 N–H and O–H groups in total. The van der Waals surface area contributed by atoms with E-state index in [0.29, 0.717) is 38.7 Å². The average molecular weight is 436 g/mol. The summed E-state index contributed by atoms with van der Waals surface area (Å²) in [6.07, 6.45) is 1.40. The lowest BCUT2D eigenvalue weighted by Crippen LogP contribution is -2.27. The third-order valence-corrected chi connectivity index (χ3v) is 5.16. The van der Waals surface area contributed by atoms with E-state index in [2.05, 4.69) is 16.4 Å². The summed E-state index contributed by atoms with van der Waals surface area (Å²) in [5.74, 6) is 0.470. The van der Waals surface area contributed by atoms with Crippen molar-refractivity contribution >= 4 is 39.8 Å². The maximum atomic E-state index is 13.4. The van der Waals surface area contributed by atoms with E-state index in [1.165, 1.54) is 10.8 Å². The molecule has 0 fully saturated rings. The third-order valence-electron chi connectivity index (χ3n) is 4.64. The lowest BCUT2D eigenvalue weighted by atomic mass is 10.1. The number of nitrogens with one attached hydrogen (secondary N) is 1. The molecule has 0 spiro atoms. The number of halogens is 2. The quantitative estimate of drug-likeness (QED) is 0.449. The molecular weight excluding hydrogens is 421 g/mol. The number of nitrogens with zero attached hydrogens (tertiary/aromatic N) is 4. The van der Waals surface area contributed by atoms with Crippen LogP contribution in [0.3, 0.4) is 0 Å². The van der Waals surface area contributed by atoms with Gasteiger partial charge in [-0.3, -0.25) is 9.36 Å². The molecule has 2 aromatic heterocycles. The van der Waals surface area contributed by atoms with E-state index >= 15 is 0 Å². The van der Waals surface area contributed by atoms with Crippen molar-refractivity contribution in [1.82, 2.24) is 14.5 Å². The van der Waals surface area contributed by atoms with E-state index in [1.54, 1.807) is 24.3 Å². The van der Waals surface area contributed by atoms with Crippen LogP contribution in [-0.2, 0) is 0 Å². The minimum Gasteiger partial charge on any atom is -0.374 e. The molecule has 0 unspecified atom stereocenters. The van der Waals surface area contributed by atoms with Crippen LogP contribution in [0.15, 0.2) is 65.6 Å². The maximum Gasteiger partial charge on any atom is 0.267 e. The number of benzene rings is 2. The highest BCUT2D eigenvalue weighted by atomic mass is 35.5. The van der Waals surface area contributed by atoms with Gasteiger partial charge in [0, 0.05) is 6.20 Å². The molecule has 4 rings (SSSR count). The fraction of sp³-hybridized carbons (Fsp3) is 0.0909. The topological polar surface area (TPSA) is 83.6 Å². The Morgan fingerprint density at radius 1 is 1.13 bits per heavy atom. The zero-order valence-electron chi connectivity index (χ0n) is 15.8. The largest absolute Gasteiger partial charge is 0.374 e. The van der Waals surface area contributed by atoms with Gasteiger partial charge in [-0.2, -0.15) is 5.26 Å². The number of rotatable bonds is 4. The molecule has 0 radical (unpaired) electrons. The predicted molar refractivity (Wildman–Crippen MR) is 118 cm³/mol. The fourth-order valence-corrected chi connectivity index (χ4v) is 3.67. The van der Waals surface area contributed by atoms with Crippen molar-refractivity contribution in [1.29, 1.82) is 5.26 Å². The Kier molecular flexibility index (Phi) is 5.40. The first-order chi connectivity index (χ1) is 14.5. The van der Waals surface area contributed by atoms with Crippen molar-refractivity contribution in [3.63, 3.8) is 0 Å². The first-order valence-corrected chi connectivity index (χ1v) is 9.84. The van der Waals surface area contributed by atoms with Gasteiger partial charge in [-0.15, -0.1) is 0 Å². The van der Waals surface area contributed by atoms with Crippen LogP contribution >= 0.6 is 23.2 Å². The highest BCUT2D eigenvalue weighted by Gasteiger charge is 2.20. The van der Waals surface area contributed by atoms with Crippen molar-refractivity contribution in [2.24, 2.45) is 0 Å². The van der Waals surface area contributed by atoms with E-state index in [4.69, 9.17) is 28.2 Å². The van der Waals surface area contributed by atoms with Gasteiger partial charge in [0.1, 0.15) is 17.0 Å². The standard InChI is InChI=1S/C22H15Cl2N5O/c1-13(27-18-10-19(24)26-12-14(18)11-25)21-28-17-9-5-8-16(23)20(17)22(30)29(21)15-6-3-2-4-7-15/h2-10,12-13H,1H3,(H,26,27)/t13-/m1/s1. The van der Waals surface area contributed by atoms with Gasteiger partial charge in [-0.25, -0.2) is 9.97 Å². The Hall–Kier alpha value is -3.40. The van der Waals surface area contributed by atoms with Gasteiger partial charge in [-0.05, 0) is 37.3 Å². The van der Waals surface area contributed by atoms with Crippen LogP contribution in [0.25, 0.3) is 16.6 Å². The summed E-state index contributed by atoms with van der Waals surface area (Å²) in [6, 6.07) is 17.6. The van der Waals surface area contributed by atoms with E-state index in [1.807, 2.05) is 37.3 Å². The summed E-state index contributed by atoms with van der Waals surface area (Å²) in [5.41, 5.74) is 1.73. The predicted octanol–water partition coefficient (Wildman–Crippen LogP) is 5.13. The second kappa shape index (κ2) is 8.15. The van der Waals surface area contributed by atoms with E-state index in [0.717, 1.165) is 0 Å². The van der Waals surface area contributed by atoms with Gasteiger partial charge in [-0.1, -0.05) is 47.5 Å². The molecule has 30 heavy (non-hydrogen) atoms. The summed E-state index contributed by atoms with van der Waals surface area (Å²) in [4.78, 5) is 22.1. The van der Waals surface area contributed by atoms with Crippen LogP contribution in [0.2, 0.25) is 10.2 Å². The van der Waals surface area contributed by atoms with E-state index < -0.39 is 6.04 Å². The Balaban J connectivity index is 1.93. The number of anilines is 1. The fourth-order valence-electron chi connectivity index (χ4n) is 3.26. The van der Waals surface area contributed by atoms with Crippen molar-refractivity contribution in [2.45, 2.75) is 13.0 Å². The van der Waals surface area contributed by atoms with E-state index in [-0.39, 0.29) is 10.7 Å². The number of aromatic nitrogens is 3. The summed E-state index contributed by atoms with van der Waals surface area (Å²) in [7, 11) is 0. The molecule has 0 aliphatic carbocycles. The van der Waals surface area contributed by atoms with Crippen LogP contribution in [0.5, 0.6) is 0 Å². The summed E-state index contributed by atoms with van der Waals surface area (Å²) < 4.78 is 1.53. The van der Waals surface area contributed by atoms with Crippen LogP contribution in [0.1, 0.15) is 24.4 Å². The Labute approximate surface area is 182 Å². The first kappa shape index (κ1) is 19.9. The van der Waals surface area contributed by atoms with Gasteiger partial charge in [0.15, 0.2) is 0 Å². The monoisotopic (exact) mass is 435 g/mol. The highest BCUT2D eigenvalue weighted by molar-refractivity contribution is 6.35. The molecule has 148 valence electrons. The smallest absolute Gasteiger partial charge is 0.267 e. The molecule has 6 nitrogen and oxygen atoms in total. The summed E-state index contributed by atoms with van der Waals surface area (Å²) >= 11 is 12.3. The minimum absolute atomic E-state index is 0.252. The molecule has 0 bridgehead atoms. The molecule has 0 aliphatic heterocycles. The van der Waals surface area contributed by atoms with Crippen LogP contribution in [0, 0.1) is 11.3 Å². The summed E-state index contributed by atoms with van der Waals surface area (Å²) in [5, 5.41) is 13.6. The number of pyridine rings is 1. The second-order valence-corrected chi connectivity index (χ2v) is 7.40. The Bertz CT molecular complexity index is 1350. The van der Waals surface area contributed by atoms with Crippen LogP contribution in [0.4, 0.5) is 5.69 Å². The maximum absolute atomic E-state index is 13.4. The lowest BCUT2D eigenvalue weighted by molar-refractivity contribution is 0.734. The number of fused-ring (bicyclic) bond motifs is 1. The molecular formula is C22H15Cl2N5O. The molecule has 8 heteroatoms. The third kappa shape index (κ3) is 3.61. The molecule has 0 saturated carbocycles. The van der Waals surface area contributed by atoms with Gasteiger partial charge < -0.3 is 5.32 Å². The van der Waals surface area contributed by atoms with Gasteiger partial charge >= 0.3 is 0 Å². The van der Waals surface area contributed by atoms with Gasteiger partial charge in [0.2, 0.25) is 0 Å². The van der Waals surface area contributed by atoms with Crippen molar-refractivity contribution in [3.05, 3.63) is 92.7 Å². The van der Waals surface area contributed by atoms with E-state index in [9.17, 15) is 10.1 Å². The normalized spacial score (nSPS) is 11.8. The average Bonchev–Trinajstić information content (AvgIpc) is 2.74. The SMILES string of the molecule is C[C@@H](Nc1cc(Cl)ncc1C#N)c1nc2cccc(Cl)c2c(=O)n1-c1ccccc1. The zero-order chi connectivity index (χ0) is 21.3. The highest BCUT2D eigenvalue weighted by Crippen LogP contribution is 2.26. The molecule has 2 aromatic carbocycles. The Morgan fingerprint density at radius 3 is 2.63 bits per heavy atom. The van der Waals surface area contributed by atoms with Crippen LogP contribution < -0.4 is 10.9 Å². The second-order valence-electron chi connectivity index (χ2n) is 6.61. The molecule has 0 saturated heterocycles. The molecule has 1 atom stereocenters. The minimum atomic E-state index is -0.438. The summed E-state index contributed by atoms with van der Waals surface area (Å²) in [6.45, 7) is 1.85. The number of para-hydroxylation sites is 1. The van der Waals surface area contributed by atoms with Crippen molar-refractivity contribution in [3.8, 4) is 11.8 Å². The van der Waals surface area contributed by atoms with Gasteiger partial charge in [0.05, 0.1) is 38.9 Å². The molecule has 2 heterocycles. The van der Waals surface area contributed by atoms with Crippen LogP contribution in [-0.4, -0.2) is 14.5 Å². The molecule has 0 amide bonds. The zero-order valence-corrected chi connectivity index (χ0v) is 17.3. The first-order valence-electron chi connectivity index (χ1n) is 9.08. The van der Waals surface area contributed by atoms with Gasteiger partial charge in [0.25, 0.3) is 5.56 Å². The van der Waals surface area contributed by atoms with Crippen molar-refractivity contribution < 1.29 is 0 Å².